The molecule has 1 aliphatic carbocycles. The maximum atomic E-state index is 6.38. The van der Waals surface area contributed by atoms with E-state index in [1.165, 1.54) is 43.5 Å². The summed E-state index contributed by atoms with van der Waals surface area (Å²) in [5.41, 5.74) is 1.23. The topological polar surface area (TPSA) is 30.9 Å². The van der Waals surface area contributed by atoms with Gasteiger partial charge in [0.1, 0.15) is 5.84 Å². The lowest BCUT2D eigenvalue weighted by atomic mass is 9.92. The lowest BCUT2D eigenvalue weighted by Crippen LogP contribution is -2.61. The van der Waals surface area contributed by atoms with Gasteiger partial charge in [-0.3, -0.25) is 14.8 Å². The van der Waals surface area contributed by atoms with Crippen molar-refractivity contribution in [3.63, 3.8) is 0 Å². The zero-order valence-electron chi connectivity index (χ0n) is 15.0. The molecule has 1 aromatic rings. The van der Waals surface area contributed by atoms with E-state index in [1.54, 1.807) is 0 Å². The maximum absolute atomic E-state index is 6.38. The Morgan fingerprint density at radius 3 is 2.72 bits per heavy atom. The first-order valence-corrected chi connectivity index (χ1v) is 10.2. The molecule has 2 heterocycles. The fourth-order valence-corrected chi connectivity index (χ4v) is 4.79. The molecule has 1 unspecified atom stereocenters. The Balaban J connectivity index is 1.48. The highest BCUT2D eigenvalue weighted by molar-refractivity contribution is 6.31. The lowest BCUT2D eigenvalue weighted by molar-refractivity contribution is 0.0508. The van der Waals surface area contributed by atoms with Crippen LogP contribution in [0.1, 0.15) is 37.7 Å². The SMILES string of the molecule is Clc1ccccc1CN1CCN(C2CCCCC2)C(C2=NCCN2)C1. The van der Waals surface area contributed by atoms with Crippen LogP contribution in [0.5, 0.6) is 0 Å². The van der Waals surface area contributed by atoms with Gasteiger partial charge in [0.2, 0.25) is 0 Å². The van der Waals surface area contributed by atoms with Gasteiger partial charge < -0.3 is 5.32 Å². The zero-order chi connectivity index (χ0) is 17.1. The second-order valence-corrected chi connectivity index (χ2v) is 7.97. The molecule has 1 N–H and O–H groups in total. The summed E-state index contributed by atoms with van der Waals surface area (Å²) in [5.74, 6) is 1.22. The van der Waals surface area contributed by atoms with Gasteiger partial charge in [0, 0.05) is 43.8 Å². The second kappa shape index (κ2) is 8.07. The van der Waals surface area contributed by atoms with Crippen molar-refractivity contribution in [1.29, 1.82) is 0 Å². The standard InChI is InChI=1S/C20H29ClN4/c21-18-9-5-4-6-16(18)14-24-12-13-25(17-7-2-1-3-8-17)19(15-24)20-22-10-11-23-20/h4-6,9,17,19H,1-3,7-8,10-15H2,(H,22,23). The first-order chi connectivity index (χ1) is 12.3. The second-order valence-electron chi connectivity index (χ2n) is 7.57. The number of hydrogen-bond donors (Lipinski definition) is 1. The van der Waals surface area contributed by atoms with E-state index >= 15 is 0 Å². The zero-order valence-corrected chi connectivity index (χ0v) is 15.7. The third kappa shape index (κ3) is 4.02. The van der Waals surface area contributed by atoms with E-state index in [9.17, 15) is 0 Å². The smallest absolute Gasteiger partial charge is 0.115 e. The Bertz CT molecular complexity index is 611. The largest absolute Gasteiger partial charge is 0.371 e. The van der Waals surface area contributed by atoms with Crippen molar-refractivity contribution in [2.45, 2.75) is 50.7 Å². The molecule has 0 radical (unpaired) electrons. The van der Waals surface area contributed by atoms with Crippen molar-refractivity contribution in [2.75, 3.05) is 32.7 Å². The Hall–Kier alpha value is -1.10. The van der Waals surface area contributed by atoms with E-state index < -0.39 is 0 Å². The number of amidine groups is 1. The van der Waals surface area contributed by atoms with Gasteiger partial charge in [-0.1, -0.05) is 49.1 Å². The van der Waals surface area contributed by atoms with Crippen LogP contribution in [-0.2, 0) is 6.54 Å². The number of hydrogen-bond acceptors (Lipinski definition) is 4. The summed E-state index contributed by atoms with van der Waals surface area (Å²) in [6.45, 7) is 6.16. The number of piperazine rings is 1. The molecule has 1 saturated carbocycles. The van der Waals surface area contributed by atoms with Gasteiger partial charge in [0.05, 0.1) is 12.6 Å². The Morgan fingerprint density at radius 1 is 1.12 bits per heavy atom. The number of aliphatic imine (C=N–C) groups is 1. The summed E-state index contributed by atoms with van der Waals surface area (Å²) in [5, 5.41) is 4.43. The predicted octanol–water partition coefficient (Wildman–Crippen LogP) is 3.16. The number of halogens is 1. The minimum Gasteiger partial charge on any atom is -0.371 e. The highest BCUT2D eigenvalue weighted by Gasteiger charge is 2.36. The average molecular weight is 361 g/mol. The summed E-state index contributed by atoms with van der Waals surface area (Å²) in [6, 6.07) is 9.39. The fraction of sp³-hybridized carbons (Fsp3) is 0.650. The fourth-order valence-electron chi connectivity index (χ4n) is 4.60. The minimum atomic E-state index is 0.418. The van der Waals surface area contributed by atoms with Crippen LogP contribution in [0.25, 0.3) is 0 Å². The first-order valence-electron chi connectivity index (χ1n) is 9.81. The molecule has 5 heteroatoms. The highest BCUT2D eigenvalue weighted by Crippen LogP contribution is 2.27. The van der Waals surface area contributed by atoms with Crippen LogP contribution >= 0.6 is 11.6 Å². The molecule has 25 heavy (non-hydrogen) atoms. The molecule has 4 nitrogen and oxygen atoms in total. The van der Waals surface area contributed by atoms with Gasteiger partial charge in [-0.15, -0.1) is 0 Å². The van der Waals surface area contributed by atoms with Gasteiger partial charge >= 0.3 is 0 Å². The molecule has 0 amide bonds. The van der Waals surface area contributed by atoms with Crippen LogP contribution in [0.15, 0.2) is 29.3 Å². The van der Waals surface area contributed by atoms with Gasteiger partial charge in [-0.05, 0) is 24.5 Å². The highest BCUT2D eigenvalue weighted by atomic mass is 35.5. The number of rotatable bonds is 4. The van der Waals surface area contributed by atoms with Crippen molar-refractivity contribution >= 4 is 17.4 Å². The van der Waals surface area contributed by atoms with Crippen molar-refractivity contribution < 1.29 is 0 Å². The normalized spacial score (nSPS) is 26.4. The van der Waals surface area contributed by atoms with Crippen molar-refractivity contribution in [3.8, 4) is 0 Å². The van der Waals surface area contributed by atoms with Gasteiger partial charge in [-0.2, -0.15) is 0 Å². The van der Waals surface area contributed by atoms with Crippen molar-refractivity contribution in [2.24, 2.45) is 4.99 Å². The van der Waals surface area contributed by atoms with Gasteiger partial charge in [-0.25, -0.2) is 0 Å². The third-order valence-corrected chi connectivity index (χ3v) is 6.29. The van der Waals surface area contributed by atoms with E-state index in [0.29, 0.717) is 6.04 Å². The summed E-state index contributed by atoms with van der Waals surface area (Å²) in [6.07, 6.45) is 6.89. The molecule has 1 saturated heterocycles. The molecule has 1 aromatic carbocycles. The molecule has 3 aliphatic rings. The third-order valence-electron chi connectivity index (χ3n) is 5.92. The van der Waals surface area contributed by atoms with E-state index in [1.807, 2.05) is 12.1 Å². The molecule has 136 valence electrons. The Labute approximate surface area is 156 Å². The van der Waals surface area contributed by atoms with E-state index in [-0.39, 0.29) is 0 Å². The maximum Gasteiger partial charge on any atom is 0.115 e. The summed E-state index contributed by atoms with van der Waals surface area (Å²) < 4.78 is 0. The summed E-state index contributed by atoms with van der Waals surface area (Å²) in [4.78, 5) is 10.1. The van der Waals surface area contributed by atoms with Crippen molar-refractivity contribution in [3.05, 3.63) is 34.9 Å². The summed E-state index contributed by atoms with van der Waals surface area (Å²) >= 11 is 6.38. The Kier molecular flexibility index (Phi) is 5.59. The molecule has 0 aromatic heterocycles. The van der Waals surface area contributed by atoms with Crippen LogP contribution in [0, 0.1) is 0 Å². The molecule has 0 spiro atoms. The number of nitrogens with one attached hydrogen (secondary N) is 1. The molecular weight excluding hydrogens is 332 g/mol. The minimum absolute atomic E-state index is 0.418. The van der Waals surface area contributed by atoms with Crippen LogP contribution in [-0.4, -0.2) is 60.4 Å². The molecule has 2 fully saturated rings. The van der Waals surface area contributed by atoms with Crippen LogP contribution in [0.2, 0.25) is 5.02 Å². The number of benzene rings is 1. The number of nitrogens with zero attached hydrogens (tertiary/aromatic N) is 3. The van der Waals surface area contributed by atoms with Crippen LogP contribution in [0.4, 0.5) is 0 Å². The average Bonchev–Trinajstić information content (AvgIpc) is 3.19. The monoisotopic (exact) mass is 360 g/mol. The molecular formula is C20H29ClN4. The molecule has 4 rings (SSSR count). The van der Waals surface area contributed by atoms with Crippen molar-refractivity contribution in [1.82, 2.24) is 15.1 Å². The van der Waals surface area contributed by atoms with E-state index in [0.717, 1.165) is 50.3 Å². The first kappa shape index (κ1) is 17.3. The quantitative estimate of drug-likeness (QED) is 0.894. The lowest BCUT2D eigenvalue weighted by Gasteiger charge is -2.46. The Morgan fingerprint density at radius 2 is 1.96 bits per heavy atom. The van der Waals surface area contributed by atoms with Gasteiger partial charge in [0.25, 0.3) is 0 Å². The van der Waals surface area contributed by atoms with Crippen LogP contribution < -0.4 is 5.32 Å². The molecule has 0 bridgehead atoms. The van der Waals surface area contributed by atoms with Gasteiger partial charge in [0.15, 0.2) is 0 Å². The van der Waals surface area contributed by atoms with E-state index in [2.05, 4.69) is 27.2 Å². The van der Waals surface area contributed by atoms with Crippen LogP contribution in [0.3, 0.4) is 0 Å². The van der Waals surface area contributed by atoms with E-state index in [4.69, 9.17) is 16.6 Å². The molecule has 1 atom stereocenters. The predicted molar refractivity (Wildman–Crippen MR) is 104 cm³/mol. The summed E-state index contributed by atoms with van der Waals surface area (Å²) in [7, 11) is 0. The molecule has 2 aliphatic heterocycles.